The fourth-order valence-electron chi connectivity index (χ4n) is 1.64. The van der Waals surface area contributed by atoms with Crippen molar-refractivity contribution in [2.24, 2.45) is 0 Å². The predicted molar refractivity (Wildman–Crippen MR) is 64.3 cm³/mol. The highest BCUT2D eigenvalue weighted by Crippen LogP contribution is 2.26. The molecule has 0 radical (unpaired) electrons. The highest BCUT2D eigenvalue weighted by atomic mass is 35.5. The Morgan fingerprint density at radius 2 is 1.94 bits per heavy atom. The molecule has 0 unspecified atom stereocenters. The van der Waals surface area contributed by atoms with Gasteiger partial charge in [-0.2, -0.15) is 0 Å². The fraction of sp³-hybridized carbons (Fsp3) is 0. The molecule has 3 aromatic rings. The summed E-state index contributed by atoms with van der Waals surface area (Å²) in [5.74, 6) is 0. The summed E-state index contributed by atoms with van der Waals surface area (Å²) in [6.45, 7) is 0. The van der Waals surface area contributed by atoms with Gasteiger partial charge in [-0.15, -0.1) is 0 Å². The first-order chi connectivity index (χ1) is 7.84. The third-order valence-electron chi connectivity index (χ3n) is 2.43. The van der Waals surface area contributed by atoms with E-state index in [9.17, 15) is 0 Å². The van der Waals surface area contributed by atoms with Gasteiger partial charge in [-0.3, -0.25) is 0 Å². The fourth-order valence-corrected chi connectivity index (χ4v) is 1.87. The van der Waals surface area contributed by atoms with Crippen LogP contribution in [0.5, 0.6) is 0 Å². The van der Waals surface area contributed by atoms with Gasteiger partial charge in [0.1, 0.15) is 0 Å². The summed E-state index contributed by atoms with van der Waals surface area (Å²) in [5, 5.41) is 0.699. The van der Waals surface area contributed by atoms with Crippen LogP contribution in [0.15, 0.2) is 42.7 Å². The van der Waals surface area contributed by atoms with E-state index >= 15 is 0 Å². The van der Waals surface area contributed by atoms with E-state index < -0.39 is 0 Å². The van der Waals surface area contributed by atoms with E-state index in [1.807, 2.05) is 36.4 Å². The molecule has 3 rings (SSSR count). The third-order valence-corrected chi connectivity index (χ3v) is 2.76. The molecule has 0 saturated carbocycles. The van der Waals surface area contributed by atoms with Crippen molar-refractivity contribution in [1.29, 1.82) is 0 Å². The molecule has 0 spiro atoms. The average Bonchev–Trinajstić information content (AvgIpc) is 2.76. The van der Waals surface area contributed by atoms with E-state index in [0.717, 1.165) is 16.8 Å². The van der Waals surface area contributed by atoms with Crippen LogP contribution in [0.4, 0.5) is 0 Å². The van der Waals surface area contributed by atoms with Gasteiger partial charge in [0.05, 0.1) is 17.5 Å². The van der Waals surface area contributed by atoms with Crippen LogP contribution < -0.4 is 0 Å². The third kappa shape index (κ3) is 1.46. The lowest BCUT2D eigenvalue weighted by Gasteiger charge is -2.02. The normalized spacial score (nSPS) is 10.8. The number of halogens is 1. The number of pyridine rings is 1. The van der Waals surface area contributed by atoms with Gasteiger partial charge >= 0.3 is 0 Å². The van der Waals surface area contributed by atoms with E-state index in [1.165, 1.54) is 0 Å². The van der Waals surface area contributed by atoms with Crippen LogP contribution in [0, 0.1) is 0 Å². The minimum absolute atomic E-state index is 0.699. The Labute approximate surface area is 97.1 Å². The first kappa shape index (κ1) is 9.36. The Morgan fingerprint density at radius 3 is 2.81 bits per heavy atom. The number of H-pyrrole nitrogens is 1. The van der Waals surface area contributed by atoms with Crippen molar-refractivity contribution < 1.29 is 0 Å². The van der Waals surface area contributed by atoms with Crippen molar-refractivity contribution in [3.05, 3.63) is 47.7 Å². The Bertz CT molecular complexity index is 645. The first-order valence-electron chi connectivity index (χ1n) is 4.89. The number of rotatable bonds is 1. The summed E-state index contributed by atoms with van der Waals surface area (Å²) in [4.78, 5) is 11.6. The van der Waals surface area contributed by atoms with Crippen LogP contribution >= 0.6 is 11.6 Å². The number of aromatic nitrogens is 3. The van der Waals surface area contributed by atoms with Gasteiger partial charge in [0.2, 0.25) is 0 Å². The molecule has 1 aromatic carbocycles. The molecule has 2 heterocycles. The van der Waals surface area contributed by atoms with Crippen molar-refractivity contribution in [2.45, 2.75) is 0 Å². The smallest absolute Gasteiger partial charge is 0.177 e. The molecule has 16 heavy (non-hydrogen) atoms. The molecule has 0 amide bonds. The first-order valence-corrected chi connectivity index (χ1v) is 5.27. The maximum Gasteiger partial charge on any atom is 0.177 e. The molecular weight excluding hydrogens is 222 g/mol. The maximum absolute atomic E-state index is 6.12. The number of nitrogens with zero attached hydrogens (tertiary/aromatic N) is 2. The van der Waals surface area contributed by atoms with Crippen LogP contribution in [-0.2, 0) is 0 Å². The van der Waals surface area contributed by atoms with Gasteiger partial charge in [0, 0.05) is 10.6 Å². The highest BCUT2D eigenvalue weighted by Gasteiger charge is 2.05. The molecule has 0 atom stereocenters. The minimum Gasteiger partial charge on any atom is -0.343 e. The summed E-state index contributed by atoms with van der Waals surface area (Å²) >= 11 is 6.12. The lowest BCUT2D eigenvalue weighted by molar-refractivity contribution is 1.30. The monoisotopic (exact) mass is 229 g/mol. The molecular formula is C12H8ClN3. The summed E-state index contributed by atoms with van der Waals surface area (Å²) < 4.78 is 0. The van der Waals surface area contributed by atoms with E-state index in [-0.39, 0.29) is 0 Å². The highest BCUT2D eigenvalue weighted by molar-refractivity contribution is 6.33. The molecule has 2 aromatic heterocycles. The summed E-state index contributed by atoms with van der Waals surface area (Å²) in [7, 11) is 0. The van der Waals surface area contributed by atoms with E-state index in [2.05, 4.69) is 15.0 Å². The topological polar surface area (TPSA) is 41.6 Å². The van der Waals surface area contributed by atoms with E-state index in [4.69, 9.17) is 11.6 Å². The van der Waals surface area contributed by atoms with Gasteiger partial charge in [-0.05, 0) is 18.2 Å². The predicted octanol–water partition coefficient (Wildman–Crippen LogP) is 3.28. The second kappa shape index (κ2) is 3.61. The van der Waals surface area contributed by atoms with Crippen molar-refractivity contribution in [3.63, 3.8) is 0 Å². The van der Waals surface area contributed by atoms with Gasteiger partial charge in [-0.25, -0.2) is 9.97 Å². The molecule has 0 saturated heterocycles. The molecule has 0 bridgehead atoms. The average molecular weight is 230 g/mol. The number of aromatic amines is 1. The van der Waals surface area contributed by atoms with Gasteiger partial charge in [-0.1, -0.05) is 29.8 Å². The minimum atomic E-state index is 0.699. The van der Waals surface area contributed by atoms with E-state index in [1.54, 1.807) is 6.33 Å². The molecule has 4 heteroatoms. The number of imidazole rings is 1. The molecule has 0 fully saturated rings. The lowest BCUT2D eigenvalue weighted by Crippen LogP contribution is -1.85. The van der Waals surface area contributed by atoms with Crippen LogP contribution in [0.1, 0.15) is 0 Å². The Morgan fingerprint density at radius 1 is 1.06 bits per heavy atom. The zero-order chi connectivity index (χ0) is 11.0. The van der Waals surface area contributed by atoms with Crippen molar-refractivity contribution in [2.75, 3.05) is 0 Å². The largest absolute Gasteiger partial charge is 0.343 e. The van der Waals surface area contributed by atoms with Gasteiger partial charge in [0.25, 0.3) is 0 Å². The number of nitrogens with one attached hydrogen (secondary N) is 1. The zero-order valence-corrected chi connectivity index (χ0v) is 9.07. The Balaban J connectivity index is 2.22. The zero-order valence-electron chi connectivity index (χ0n) is 8.31. The SMILES string of the molecule is Clc1ccccc1-c1ccc2[nH]cnc2n1. The molecule has 0 aliphatic heterocycles. The standard InChI is InChI=1S/C12H8ClN3/c13-9-4-2-1-3-8(9)10-5-6-11-12(16-10)15-7-14-11/h1-7H,(H,14,15,16). The molecule has 0 aliphatic carbocycles. The lowest BCUT2D eigenvalue weighted by atomic mass is 10.1. The van der Waals surface area contributed by atoms with Gasteiger partial charge in [0.15, 0.2) is 5.65 Å². The second-order valence-corrected chi connectivity index (χ2v) is 3.86. The maximum atomic E-state index is 6.12. The second-order valence-electron chi connectivity index (χ2n) is 3.45. The Kier molecular flexibility index (Phi) is 2.11. The van der Waals surface area contributed by atoms with Crippen molar-refractivity contribution in [1.82, 2.24) is 15.0 Å². The quantitative estimate of drug-likeness (QED) is 0.696. The van der Waals surface area contributed by atoms with Crippen LogP contribution in [-0.4, -0.2) is 15.0 Å². The number of hydrogen-bond donors (Lipinski definition) is 1. The summed E-state index contributed by atoms with van der Waals surface area (Å²) in [6, 6.07) is 11.5. The molecule has 1 N–H and O–H groups in total. The Hall–Kier alpha value is -1.87. The molecule has 3 nitrogen and oxygen atoms in total. The summed E-state index contributed by atoms with van der Waals surface area (Å²) in [6.07, 6.45) is 1.63. The number of benzene rings is 1. The van der Waals surface area contributed by atoms with Crippen LogP contribution in [0.3, 0.4) is 0 Å². The van der Waals surface area contributed by atoms with Crippen molar-refractivity contribution >= 4 is 22.8 Å². The van der Waals surface area contributed by atoms with Crippen LogP contribution in [0.25, 0.3) is 22.4 Å². The number of hydrogen-bond acceptors (Lipinski definition) is 2. The summed E-state index contributed by atoms with van der Waals surface area (Å²) in [5.41, 5.74) is 3.40. The molecule has 78 valence electrons. The molecule has 0 aliphatic rings. The van der Waals surface area contributed by atoms with Crippen molar-refractivity contribution in [3.8, 4) is 11.3 Å². The van der Waals surface area contributed by atoms with E-state index in [0.29, 0.717) is 10.7 Å². The van der Waals surface area contributed by atoms with Gasteiger partial charge < -0.3 is 4.98 Å². The van der Waals surface area contributed by atoms with Crippen LogP contribution in [0.2, 0.25) is 5.02 Å². The number of fused-ring (bicyclic) bond motifs is 1.